The van der Waals surface area contributed by atoms with Gasteiger partial charge in [-0.25, -0.2) is 9.97 Å². The van der Waals surface area contributed by atoms with Crippen LogP contribution in [-0.2, 0) is 32.0 Å². The minimum Gasteiger partial charge on any atom is -0.398 e. The molecule has 1 aliphatic carbocycles. The Morgan fingerprint density at radius 1 is 1.25 bits per heavy atom. The number of hydrogen-bond acceptors (Lipinski definition) is 10. The van der Waals surface area contributed by atoms with Crippen LogP contribution in [0.1, 0.15) is 59.3 Å². The molecule has 0 spiro atoms. The van der Waals surface area contributed by atoms with Gasteiger partial charge in [-0.3, -0.25) is 19.3 Å². The summed E-state index contributed by atoms with van der Waals surface area (Å²) < 4.78 is 10.2. The third-order valence-electron chi connectivity index (χ3n) is 6.94. The van der Waals surface area contributed by atoms with Gasteiger partial charge in [-0.15, -0.1) is 0 Å². The van der Waals surface area contributed by atoms with Crippen molar-refractivity contribution in [2.24, 2.45) is 0 Å². The Kier molecular flexibility index (Phi) is 11.8. The lowest BCUT2D eigenvalue weighted by atomic mass is 10.0. The number of ether oxygens (including phenoxy) is 2. The van der Waals surface area contributed by atoms with Crippen LogP contribution in [0.15, 0.2) is 18.3 Å². The number of carbonyl (C=O) groups is 3. The first-order valence-electron chi connectivity index (χ1n) is 13.4. The first-order valence-corrected chi connectivity index (χ1v) is 13.4. The largest absolute Gasteiger partial charge is 0.398 e. The molecule has 2 amide bonds. The summed E-state index contributed by atoms with van der Waals surface area (Å²) in [5, 5.41) is 11.3. The number of aldehydes is 1. The van der Waals surface area contributed by atoms with Crippen molar-refractivity contribution >= 4 is 35.9 Å². The molecule has 0 atom stereocenters. The second-order valence-electron chi connectivity index (χ2n) is 9.56. The van der Waals surface area contributed by atoms with Crippen molar-refractivity contribution in [1.29, 1.82) is 5.26 Å². The summed E-state index contributed by atoms with van der Waals surface area (Å²) >= 11 is 0. The molecule has 2 aromatic rings. The standard InChI is InChI=1S/C15H17N3O4.C7H8N4.C6H12O/c19-8-13-12(7-17-4-5-22-9-14(17)21)6-11-2-1-3-18(10-20)15(11)16-13;1-10-7-2-6(9)5(3-8)4-11-7;1-7-6-4-2-3-5-6/h6,8,10H,1-5,7,9H2;2,4H,1H3,(H3,9,10,11);6H,2-5H2,1H3. The molecule has 40 heavy (non-hydrogen) atoms. The van der Waals surface area contributed by atoms with E-state index in [2.05, 4.69) is 15.3 Å². The van der Waals surface area contributed by atoms with Crippen molar-refractivity contribution in [2.45, 2.75) is 51.2 Å². The number of nitrogens with one attached hydrogen (secondary N) is 1. The first-order chi connectivity index (χ1) is 19.4. The third kappa shape index (κ3) is 8.21. The number of pyridine rings is 2. The van der Waals surface area contributed by atoms with E-state index in [0.717, 1.165) is 30.4 Å². The summed E-state index contributed by atoms with van der Waals surface area (Å²) in [4.78, 5) is 45.7. The van der Waals surface area contributed by atoms with E-state index in [1.165, 1.54) is 36.8 Å². The average molecular weight is 552 g/mol. The Morgan fingerprint density at radius 2 is 2.02 bits per heavy atom. The van der Waals surface area contributed by atoms with E-state index in [0.29, 0.717) is 61.5 Å². The highest BCUT2D eigenvalue weighted by molar-refractivity contribution is 5.82. The fourth-order valence-electron chi connectivity index (χ4n) is 4.66. The molecule has 3 N–H and O–H groups in total. The van der Waals surface area contributed by atoms with Gasteiger partial charge in [-0.2, -0.15) is 5.26 Å². The molecule has 12 nitrogen and oxygen atoms in total. The molecule has 0 radical (unpaired) electrons. The maximum absolute atomic E-state index is 11.8. The number of nitrogen functional groups attached to an aromatic ring is 1. The summed E-state index contributed by atoms with van der Waals surface area (Å²) in [6.07, 6.45) is 10.5. The number of nitrogens with zero attached hydrogens (tertiary/aromatic N) is 5. The number of nitrogens with two attached hydrogens (primary N) is 1. The van der Waals surface area contributed by atoms with Crippen LogP contribution in [0, 0.1) is 11.3 Å². The van der Waals surface area contributed by atoms with Crippen molar-refractivity contribution < 1.29 is 23.9 Å². The zero-order valence-electron chi connectivity index (χ0n) is 23.1. The van der Waals surface area contributed by atoms with Crippen LogP contribution < -0.4 is 16.0 Å². The van der Waals surface area contributed by atoms with Crippen molar-refractivity contribution in [3.8, 4) is 6.07 Å². The zero-order valence-corrected chi connectivity index (χ0v) is 23.1. The van der Waals surface area contributed by atoms with E-state index >= 15 is 0 Å². The van der Waals surface area contributed by atoms with Gasteiger partial charge in [0.2, 0.25) is 12.3 Å². The van der Waals surface area contributed by atoms with Gasteiger partial charge in [-0.1, -0.05) is 12.8 Å². The van der Waals surface area contributed by atoms with Gasteiger partial charge >= 0.3 is 0 Å². The lowest BCUT2D eigenvalue weighted by Gasteiger charge is -2.29. The lowest BCUT2D eigenvalue weighted by molar-refractivity contribution is -0.143. The summed E-state index contributed by atoms with van der Waals surface area (Å²) in [5.74, 6) is 1.14. The molecule has 0 unspecified atom stereocenters. The molecule has 4 heterocycles. The number of carbonyl (C=O) groups excluding carboxylic acids is 3. The van der Waals surface area contributed by atoms with Gasteiger partial charge < -0.3 is 25.4 Å². The topological polar surface area (TPSA) is 164 Å². The molecular weight excluding hydrogens is 514 g/mol. The Hall–Kier alpha value is -4.08. The Labute approximate surface area is 234 Å². The Bertz CT molecular complexity index is 1210. The van der Waals surface area contributed by atoms with Gasteiger partial charge in [0.1, 0.15) is 30.0 Å². The van der Waals surface area contributed by atoms with Gasteiger partial charge in [0, 0.05) is 51.6 Å². The molecule has 0 bridgehead atoms. The molecule has 3 aliphatic rings. The van der Waals surface area contributed by atoms with Crippen LogP contribution >= 0.6 is 0 Å². The van der Waals surface area contributed by atoms with Crippen molar-refractivity contribution in [1.82, 2.24) is 14.9 Å². The average Bonchev–Trinajstić information content (AvgIpc) is 3.52. The molecule has 0 aromatic carbocycles. The fourth-order valence-corrected chi connectivity index (χ4v) is 4.66. The number of nitriles is 1. The number of anilines is 3. The number of fused-ring (bicyclic) bond motifs is 1. The Balaban J connectivity index is 0.000000202. The number of hydrogen-bond donors (Lipinski definition) is 2. The van der Waals surface area contributed by atoms with Crippen LogP contribution in [0.3, 0.4) is 0 Å². The van der Waals surface area contributed by atoms with Gasteiger partial charge in [0.25, 0.3) is 0 Å². The Morgan fingerprint density at radius 3 is 2.60 bits per heavy atom. The van der Waals surface area contributed by atoms with Crippen LogP contribution in [0.2, 0.25) is 0 Å². The molecule has 12 heteroatoms. The highest BCUT2D eigenvalue weighted by Gasteiger charge is 2.24. The van der Waals surface area contributed by atoms with Gasteiger partial charge in [0.15, 0.2) is 6.29 Å². The SMILES string of the molecule is CNc1cc(N)c(C#N)cn1.COC1CCCC1.O=Cc1nc2c(cc1CN1CCOCC1=O)CCCN2C=O. The minimum absolute atomic E-state index is 0.0771. The molecular formula is C28H37N7O5. The number of morpholine rings is 1. The monoisotopic (exact) mass is 551 g/mol. The smallest absolute Gasteiger partial charge is 0.248 e. The molecule has 1 saturated carbocycles. The van der Waals surface area contributed by atoms with E-state index in [9.17, 15) is 14.4 Å². The lowest BCUT2D eigenvalue weighted by Crippen LogP contribution is -2.41. The minimum atomic E-state index is -0.0877. The number of rotatable bonds is 6. The second-order valence-corrected chi connectivity index (χ2v) is 9.56. The van der Waals surface area contributed by atoms with Crippen molar-refractivity contribution in [2.75, 3.05) is 56.4 Å². The summed E-state index contributed by atoms with van der Waals surface area (Å²) in [5.41, 5.74) is 8.31. The number of amides is 2. The predicted octanol–water partition coefficient (Wildman–Crippen LogP) is 2.31. The van der Waals surface area contributed by atoms with Crippen molar-refractivity contribution in [3.05, 3.63) is 40.7 Å². The van der Waals surface area contributed by atoms with Crippen LogP contribution in [0.25, 0.3) is 0 Å². The third-order valence-corrected chi connectivity index (χ3v) is 6.94. The second kappa shape index (κ2) is 15.5. The van der Waals surface area contributed by atoms with E-state index in [-0.39, 0.29) is 18.2 Å². The van der Waals surface area contributed by atoms with Gasteiger partial charge in [0.05, 0.1) is 24.0 Å². The summed E-state index contributed by atoms with van der Waals surface area (Å²) in [7, 11) is 3.55. The van der Waals surface area contributed by atoms with Crippen LogP contribution in [0.4, 0.5) is 17.3 Å². The molecule has 2 fully saturated rings. The predicted molar refractivity (Wildman–Crippen MR) is 150 cm³/mol. The van der Waals surface area contributed by atoms with Crippen LogP contribution in [-0.4, -0.2) is 80.0 Å². The molecule has 2 aromatic heterocycles. The quantitative estimate of drug-likeness (QED) is 0.509. The van der Waals surface area contributed by atoms with E-state index < -0.39 is 0 Å². The zero-order chi connectivity index (χ0) is 28.9. The summed E-state index contributed by atoms with van der Waals surface area (Å²) in [6.45, 7) is 2.04. The van der Waals surface area contributed by atoms with E-state index in [1.54, 1.807) is 25.1 Å². The maximum Gasteiger partial charge on any atom is 0.248 e. The van der Waals surface area contributed by atoms with Crippen molar-refractivity contribution in [3.63, 3.8) is 0 Å². The van der Waals surface area contributed by atoms with Crippen LogP contribution in [0.5, 0.6) is 0 Å². The maximum atomic E-state index is 11.8. The highest BCUT2D eigenvalue weighted by Crippen LogP contribution is 2.27. The van der Waals surface area contributed by atoms with E-state index in [4.69, 9.17) is 20.5 Å². The number of aryl methyl sites for hydroxylation is 1. The number of aromatic nitrogens is 2. The summed E-state index contributed by atoms with van der Waals surface area (Å²) in [6, 6.07) is 5.45. The molecule has 214 valence electrons. The molecule has 5 rings (SSSR count). The molecule has 1 saturated heterocycles. The highest BCUT2D eigenvalue weighted by atomic mass is 16.5. The first kappa shape index (κ1) is 30.5. The normalized spacial score (nSPS) is 16.5. The number of methoxy groups -OCH3 is 1. The fraction of sp³-hybridized carbons (Fsp3) is 0.500. The molecule has 2 aliphatic heterocycles. The van der Waals surface area contributed by atoms with E-state index in [1.807, 2.05) is 12.1 Å². The van der Waals surface area contributed by atoms with Gasteiger partial charge in [-0.05, 0) is 37.3 Å².